The van der Waals surface area contributed by atoms with E-state index >= 15 is 0 Å². The lowest BCUT2D eigenvalue weighted by Crippen LogP contribution is -2.21. The van der Waals surface area contributed by atoms with Crippen LogP contribution in [0, 0.1) is 11.3 Å². The third-order valence-corrected chi connectivity index (χ3v) is 5.58. The summed E-state index contributed by atoms with van der Waals surface area (Å²) >= 11 is 0. The maximum absolute atomic E-state index is 9.99. The number of aromatic amines is 1. The quantitative estimate of drug-likeness (QED) is 0.512. The van der Waals surface area contributed by atoms with Gasteiger partial charge in [-0.1, -0.05) is 6.92 Å². The molecule has 2 heterocycles. The van der Waals surface area contributed by atoms with Gasteiger partial charge in [-0.15, -0.1) is 5.10 Å². The number of nitrogens with two attached hydrogens (primary N) is 1. The number of nitrogens with zero attached hydrogens (tertiary/aromatic N) is 2. The van der Waals surface area contributed by atoms with Gasteiger partial charge in [0.15, 0.2) is 11.5 Å². The molecule has 2 aromatic carbocycles. The summed E-state index contributed by atoms with van der Waals surface area (Å²) < 4.78 is 27.9. The molecule has 0 saturated carbocycles. The largest absolute Gasteiger partial charge is 0.494 e. The molecule has 1 aliphatic rings. The van der Waals surface area contributed by atoms with Crippen LogP contribution in [0.1, 0.15) is 30.4 Å². The van der Waals surface area contributed by atoms with Crippen LogP contribution in [0.4, 0.5) is 0 Å². The minimum Gasteiger partial charge on any atom is -0.494 e. The van der Waals surface area contributed by atoms with Gasteiger partial charge in [-0.2, -0.15) is 5.26 Å². The highest BCUT2D eigenvalue weighted by Crippen LogP contribution is 2.49. The third kappa shape index (κ3) is 3.94. The lowest BCUT2D eigenvalue weighted by Gasteiger charge is -2.25. The van der Waals surface area contributed by atoms with Gasteiger partial charge in [0.05, 0.1) is 45.1 Å². The predicted molar refractivity (Wildman–Crippen MR) is 125 cm³/mol. The van der Waals surface area contributed by atoms with Crippen molar-refractivity contribution in [1.29, 1.82) is 5.26 Å². The van der Waals surface area contributed by atoms with Gasteiger partial charge < -0.3 is 29.4 Å². The van der Waals surface area contributed by atoms with Gasteiger partial charge in [-0.3, -0.25) is 5.10 Å². The Morgan fingerprint density at radius 3 is 2.32 bits per heavy atom. The fourth-order valence-corrected chi connectivity index (χ4v) is 4.00. The molecular weight excluding hydrogens is 436 g/mol. The molecule has 1 aliphatic heterocycles. The summed E-state index contributed by atoms with van der Waals surface area (Å²) in [6.45, 7) is 2.70. The van der Waals surface area contributed by atoms with Gasteiger partial charge >= 0.3 is 0 Å². The second kappa shape index (κ2) is 9.67. The number of fused-ring (bicyclic) bond motifs is 1. The second-order valence-electron chi connectivity index (χ2n) is 7.57. The first-order valence-corrected chi connectivity index (χ1v) is 10.7. The zero-order chi connectivity index (χ0) is 24.2. The predicted octanol–water partition coefficient (Wildman–Crippen LogP) is 4.11. The Morgan fingerprint density at radius 1 is 1.09 bits per heavy atom. The van der Waals surface area contributed by atoms with E-state index < -0.39 is 5.92 Å². The van der Waals surface area contributed by atoms with Crippen LogP contribution in [0.5, 0.6) is 28.9 Å². The second-order valence-corrected chi connectivity index (χ2v) is 7.57. The number of methoxy groups -OCH3 is 3. The summed E-state index contributed by atoms with van der Waals surface area (Å²) in [5.74, 6) is 1.87. The highest BCUT2D eigenvalue weighted by molar-refractivity contribution is 5.72. The van der Waals surface area contributed by atoms with E-state index in [1.54, 1.807) is 12.1 Å². The molecule has 34 heavy (non-hydrogen) atoms. The summed E-state index contributed by atoms with van der Waals surface area (Å²) in [7, 11) is 4.61. The highest BCUT2D eigenvalue weighted by atomic mass is 16.5. The Hall–Kier alpha value is -4.32. The average Bonchev–Trinajstić information content (AvgIpc) is 3.29. The number of allylic oxidation sites excluding steroid dienone is 1. The molecule has 4 rings (SSSR count). The van der Waals surface area contributed by atoms with Crippen LogP contribution in [0.25, 0.3) is 11.3 Å². The Labute approximate surface area is 197 Å². The number of rotatable bonds is 8. The van der Waals surface area contributed by atoms with Crippen molar-refractivity contribution in [2.45, 2.75) is 19.3 Å². The van der Waals surface area contributed by atoms with Crippen molar-refractivity contribution in [2.24, 2.45) is 5.73 Å². The van der Waals surface area contributed by atoms with Crippen molar-refractivity contribution in [2.75, 3.05) is 27.9 Å². The van der Waals surface area contributed by atoms with Crippen molar-refractivity contribution in [1.82, 2.24) is 10.2 Å². The zero-order valence-corrected chi connectivity index (χ0v) is 19.5. The first-order valence-electron chi connectivity index (χ1n) is 10.7. The van der Waals surface area contributed by atoms with E-state index in [1.807, 2.05) is 24.3 Å². The molecule has 0 spiro atoms. The van der Waals surface area contributed by atoms with Crippen molar-refractivity contribution in [3.05, 3.63) is 59.0 Å². The highest BCUT2D eigenvalue weighted by Gasteiger charge is 2.36. The standard InChI is InChI=1S/C25H26N4O5/c1-5-10-33-16-8-6-14(7-9-16)22-21-20(17(13-26)24(27)34-25(21)29-28-22)15-11-18(30-2)23(32-4)19(12-15)31-3/h6-9,11-12,20H,5,10,27H2,1-4H3,(H,28,29)/t20-/m0/s1. The van der Waals surface area contributed by atoms with E-state index in [2.05, 4.69) is 23.2 Å². The average molecular weight is 463 g/mol. The lowest BCUT2D eigenvalue weighted by molar-refractivity contribution is 0.317. The molecule has 176 valence electrons. The maximum Gasteiger partial charge on any atom is 0.244 e. The number of ether oxygens (including phenoxy) is 5. The van der Waals surface area contributed by atoms with Crippen LogP contribution in [0.3, 0.4) is 0 Å². The van der Waals surface area contributed by atoms with Crippen LogP contribution in [0.15, 0.2) is 47.9 Å². The van der Waals surface area contributed by atoms with Gasteiger partial charge in [-0.25, -0.2) is 0 Å². The smallest absolute Gasteiger partial charge is 0.244 e. The third-order valence-electron chi connectivity index (χ3n) is 5.58. The molecule has 0 unspecified atom stereocenters. The van der Waals surface area contributed by atoms with Crippen molar-refractivity contribution in [3.8, 4) is 46.2 Å². The number of H-pyrrole nitrogens is 1. The van der Waals surface area contributed by atoms with Crippen LogP contribution in [-0.4, -0.2) is 38.1 Å². The molecule has 0 radical (unpaired) electrons. The minimum absolute atomic E-state index is 0.00452. The fraction of sp³-hybridized carbons (Fsp3) is 0.280. The number of nitrogens with one attached hydrogen (secondary N) is 1. The number of nitriles is 1. The van der Waals surface area contributed by atoms with E-state index in [1.165, 1.54) is 21.3 Å². The Kier molecular flexibility index (Phi) is 6.50. The van der Waals surface area contributed by atoms with E-state index in [9.17, 15) is 5.26 Å². The molecule has 0 fully saturated rings. The van der Waals surface area contributed by atoms with Crippen LogP contribution in [0.2, 0.25) is 0 Å². The first-order chi connectivity index (χ1) is 16.6. The van der Waals surface area contributed by atoms with Gasteiger partial charge in [0.25, 0.3) is 0 Å². The Morgan fingerprint density at radius 2 is 1.76 bits per heavy atom. The Bertz CT molecular complexity index is 1230. The maximum atomic E-state index is 9.99. The summed E-state index contributed by atoms with van der Waals surface area (Å²) in [4.78, 5) is 0. The van der Waals surface area contributed by atoms with E-state index in [-0.39, 0.29) is 11.5 Å². The topological polar surface area (TPSA) is 125 Å². The Balaban J connectivity index is 1.87. The SMILES string of the molecule is CCCOc1ccc(-c2[nH]nc3c2[C@@H](c2cc(OC)c(OC)c(OC)c2)C(C#N)=C(N)O3)cc1. The first kappa shape index (κ1) is 22.9. The normalized spacial score (nSPS) is 14.6. The molecule has 3 aromatic rings. The zero-order valence-electron chi connectivity index (χ0n) is 19.5. The minimum atomic E-state index is -0.577. The van der Waals surface area contributed by atoms with Crippen LogP contribution < -0.4 is 29.4 Å². The summed E-state index contributed by atoms with van der Waals surface area (Å²) in [6.07, 6.45) is 0.925. The van der Waals surface area contributed by atoms with Gasteiger partial charge in [-0.05, 0) is 48.4 Å². The number of hydrogen-bond acceptors (Lipinski definition) is 8. The van der Waals surface area contributed by atoms with E-state index in [0.717, 1.165) is 17.7 Å². The molecule has 9 nitrogen and oxygen atoms in total. The van der Waals surface area contributed by atoms with Crippen molar-refractivity contribution in [3.63, 3.8) is 0 Å². The number of aromatic nitrogens is 2. The molecule has 0 aliphatic carbocycles. The van der Waals surface area contributed by atoms with E-state index in [4.69, 9.17) is 29.4 Å². The molecule has 1 atom stereocenters. The monoisotopic (exact) mass is 462 g/mol. The fourth-order valence-electron chi connectivity index (χ4n) is 4.00. The molecule has 9 heteroatoms. The molecule has 0 saturated heterocycles. The molecule has 1 aromatic heterocycles. The van der Waals surface area contributed by atoms with Crippen molar-refractivity contribution >= 4 is 0 Å². The molecular formula is C25H26N4O5. The summed E-state index contributed by atoms with van der Waals surface area (Å²) in [5, 5.41) is 17.4. The lowest BCUT2D eigenvalue weighted by atomic mass is 9.82. The summed E-state index contributed by atoms with van der Waals surface area (Å²) in [6, 6.07) is 13.4. The van der Waals surface area contributed by atoms with Gasteiger partial charge in [0.2, 0.25) is 17.5 Å². The molecule has 3 N–H and O–H groups in total. The van der Waals surface area contributed by atoms with E-state index in [0.29, 0.717) is 46.6 Å². The van der Waals surface area contributed by atoms with Crippen LogP contribution in [-0.2, 0) is 0 Å². The van der Waals surface area contributed by atoms with Crippen LogP contribution >= 0.6 is 0 Å². The van der Waals surface area contributed by atoms with Crippen molar-refractivity contribution < 1.29 is 23.7 Å². The van der Waals surface area contributed by atoms with Gasteiger partial charge in [0.1, 0.15) is 17.4 Å². The molecule has 0 bridgehead atoms. The van der Waals surface area contributed by atoms with Gasteiger partial charge in [0, 0.05) is 5.56 Å². The molecule has 0 amide bonds. The number of hydrogen-bond donors (Lipinski definition) is 2. The summed E-state index contributed by atoms with van der Waals surface area (Å²) in [5.41, 5.74) is 9.33. The number of benzene rings is 2.